The summed E-state index contributed by atoms with van der Waals surface area (Å²) in [6.45, 7) is 5.53. The van der Waals surface area contributed by atoms with E-state index in [4.69, 9.17) is 15.2 Å². The van der Waals surface area contributed by atoms with E-state index in [1.54, 1.807) is 42.5 Å². The highest BCUT2D eigenvalue weighted by Crippen LogP contribution is 2.29. The van der Waals surface area contributed by atoms with E-state index in [2.05, 4.69) is 24.5 Å². The molecule has 164 valence electrons. The Kier molecular flexibility index (Phi) is 10.7. The Labute approximate surface area is 183 Å². The molecule has 30 heavy (non-hydrogen) atoms. The lowest BCUT2D eigenvalue weighted by Crippen LogP contribution is -2.30. The van der Waals surface area contributed by atoms with Gasteiger partial charge in [0.15, 0.2) is 11.5 Å². The second kappa shape index (κ2) is 12.7. The second-order valence-electron chi connectivity index (χ2n) is 6.94. The molecule has 2 amide bonds. The Morgan fingerprint density at radius 2 is 1.80 bits per heavy atom. The first-order valence-corrected chi connectivity index (χ1v) is 9.65. The number of amides is 2. The smallest absolute Gasteiger partial charge is 0.255 e. The zero-order valence-corrected chi connectivity index (χ0v) is 18.4. The van der Waals surface area contributed by atoms with Crippen LogP contribution in [0.2, 0.25) is 0 Å². The van der Waals surface area contributed by atoms with Gasteiger partial charge in [-0.05, 0) is 42.7 Å². The van der Waals surface area contributed by atoms with E-state index in [0.29, 0.717) is 53.9 Å². The van der Waals surface area contributed by atoms with Crippen LogP contribution in [0.5, 0.6) is 11.5 Å². The van der Waals surface area contributed by atoms with E-state index in [-0.39, 0.29) is 24.2 Å². The van der Waals surface area contributed by atoms with E-state index in [0.717, 1.165) is 6.42 Å². The van der Waals surface area contributed by atoms with Crippen LogP contribution in [0, 0.1) is 5.92 Å². The molecule has 0 saturated carbocycles. The average molecular weight is 436 g/mol. The zero-order valence-electron chi connectivity index (χ0n) is 17.6. The monoisotopic (exact) mass is 435 g/mol. The molecule has 0 heterocycles. The minimum absolute atomic E-state index is 0. The fourth-order valence-electron chi connectivity index (χ4n) is 2.60. The van der Waals surface area contributed by atoms with E-state index < -0.39 is 0 Å². The largest absolute Gasteiger partial charge is 0.493 e. The first kappa shape index (κ1) is 25.3. The third-order valence-electron chi connectivity index (χ3n) is 4.23. The number of para-hydroxylation sites is 1. The van der Waals surface area contributed by atoms with Crippen LogP contribution in [0.4, 0.5) is 5.69 Å². The van der Waals surface area contributed by atoms with Gasteiger partial charge < -0.3 is 25.8 Å². The van der Waals surface area contributed by atoms with Crippen LogP contribution in [0.25, 0.3) is 0 Å². The maximum absolute atomic E-state index is 12.7. The number of methoxy groups -OCH3 is 1. The van der Waals surface area contributed by atoms with Gasteiger partial charge in [-0.3, -0.25) is 9.59 Å². The summed E-state index contributed by atoms with van der Waals surface area (Å²) in [7, 11) is 1.53. The van der Waals surface area contributed by atoms with Crippen molar-refractivity contribution in [2.75, 3.05) is 32.1 Å². The summed E-state index contributed by atoms with van der Waals surface area (Å²) in [5.41, 5.74) is 6.62. The maximum atomic E-state index is 12.7. The van der Waals surface area contributed by atoms with Gasteiger partial charge in [0.25, 0.3) is 11.8 Å². The fraction of sp³-hybridized carbons (Fsp3) is 0.364. The van der Waals surface area contributed by atoms with Crippen LogP contribution >= 0.6 is 12.4 Å². The third kappa shape index (κ3) is 7.24. The molecule has 0 bridgehead atoms. The maximum Gasteiger partial charge on any atom is 0.255 e. The standard InChI is InChI=1S/C22H29N3O4.ClH/c1-15(2)10-13-29-19-9-8-16(14-20(19)28-3)21(26)25-18-7-5-4-6-17(18)22(27)24-12-11-23;/h4-9,14-15H,10-13,23H2,1-3H3,(H,24,27)(H,25,26);1H. The molecule has 0 aliphatic carbocycles. The number of carbonyl (C=O) groups excluding carboxylic acids is 2. The molecular weight excluding hydrogens is 406 g/mol. The number of ether oxygens (including phenoxy) is 2. The molecular formula is C22H30ClN3O4. The van der Waals surface area contributed by atoms with Crippen LogP contribution in [-0.4, -0.2) is 38.6 Å². The Morgan fingerprint density at radius 3 is 2.47 bits per heavy atom. The van der Waals surface area contributed by atoms with Gasteiger partial charge >= 0.3 is 0 Å². The first-order chi connectivity index (χ1) is 14.0. The number of halogens is 1. The normalized spacial score (nSPS) is 10.2. The van der Waals surface area contributed by atoms with Crippen LogP contribution < -0.4 is 25.8 Å². The lowest BCUT2D eigenvalue weighted by molar-refractivity contribution is 0.0955. The van der Waals surface area contributed by atoms with Crippen molar-refractivity contribution in [3.05, 3.63) is 53.6 Å². The summed E-state index contributed by atoms with van der Waals surface area (Å²) in [4.78, 5) is 25.0. The van der Waals surface area contributed by atoms with Gasteiger partial charge in [-0.2, -0.15) is 0 Å². The first-order valence-electron chi connectivity index (χ1n) is 9.65. The number of benzene rings is 2. The summed E-state index contributed by atoms with van der Waals surface area (Å²) in [6.07, 6.45) is 0.925. The van der Waals surface area contributed by atoms with Crippen molar-refractivity contribution in [3.8, 4) is 11.5 Å². The van der Waals surface area contributed by atoms with Gasteiger partial charge in [0.2, 0.25) is 0 Å². The quantitative estimate of drug-likeness (QED) is 0.530. The minimum atomic E-state index is -0.351. The highest BCUT2D eigenvalue weighted by atomic mass is 35.5. The fourth-order valence-corrected chi connectivity index (χ4v) is 2.60. The molecule has 0 saturated heterocycles. The summed E-state index contributed by atoms with van der Waals surface area (Å²) in [5, 5.41) is 5.49. The topological polar surface area (TPSA) is 103 Å². The molecule has 7 nitrogen and oxygen atoms in total. The van der Waals surface area contributed by atoms with Crippen molar-refractivity contribution in [3.63, 3.8) is 0 Å². The number of carbonyl (C=O) groups is 2. The predicted molar refractivity (Wildman–Crippen MR) is 121 cm³/mol. The van der Waals surface area contributed by atoms with Crippen LogP contribution in [0.1, 0.15) is 41.0 Å². The van der Waals surface area contributed by atoms with Crippen molar-refractivity contribution < 1.29 is 19.1 Å². The molecule has 2 aromatic rings. The molecule has 0 aliphatic rings. The summed E-state index contributed by atoms with van der Waals surface area (Å²) in [5.74, 6) is 0.962. The van der Waals surface area contributed by atoms with E-state index in [1.165, 1.54) is 7.11 Å². The zero-order chi connectivity index (χ0) is 21.2. The highest BCUT2D eigenvalue weighted by molar-refractivity contribution is 6.09. The van der Waals surface area contributed by atoms with Gasteiger partial charge in [0, 0.05) is 18.7 Å². The molecule has 0 aromatic heterocycles. The van der Waals surface area contributed by atoms with Crippen molar-refractivity contribution in [2.45, 2.75) is 20.3 Å². The Balaban J connectivity index is 0.00000450. The number of hydrogen-bond donors (Lipinski definition) is 3. The Bertz CT molecular complexity index is 843. The molecule has 0 radical (unpaired) electrons. The highest BCUT2D eigenvalue weighted by Gasteiger charge is 2.15. The van der Waals surface area contributed by atoms with Crippen LogP contribution in [0.15, 0.2) is 42.5 Å². The molecule has 0 fully saturated rings. The number of nitrogens with one attached hydrogen (secondary N) is 2. The van der Waals surface area contributed by atoms with Crippen molar-refractivity contribution in [2.24, 2.45) is 11.7 Å². The van der Waals surface area contributed by atoms with Gasteiger partial charge in [-0.1, -0.05) is 26.0 Å². The molecule has 0 aliphatic heterocycles. The number of rotatable bonds is 10. The molecule has 0 unspecified atom stereocenters. The molecule has 2 aromatic carbocycles. The molecule has 0 atom stereocenters. The molecule has 8 heteroatoms. The average Bonchev–Trinajstić information content (AvgIpc) is 2.72. The van der Waals surface area contributed by atoms with Crippen LogP contribution in [0.3, 0.4) is 0 Å². The number of anilines is 1. The Hall–Kier alpha value is -2.77. The molecule has 2 rings (SSSR count). The number of nitrogens with two attached hydrogens (primary N) is 1. The predicted octanol–water partition coefficient (Wildman–Crippen LogP) is 3.48. The summed E-state index contributed by atoms with van der Waals surface area (Å²) < 4.78 is 11.1. The number of hydrogen-bond acceptors (Lipinski definition) is 5. The van der Waals surface area contributed by atoms with Crippen molar-refractivity contribution in [1.29, 1.82) is 0 Å². The van der Waals surface area contributed by atoms with Crippen LogP contribution in [-0.2, 0) is 0 Å². The lowest BCUT2D eigenvalue weighted by atomic mass is 10.1. The Morgan fingerprint density at radius 1 is 1.07 bits per heavy atom. The van der Waals surface area contributed by atoms with Gasteiger partial charge in [-0.25, -0.2) is 0 Å². The van der Waals surface area contributed by atoms with E-state index >= 15 is 0 Å². The van der Waals surface area contributed by atoms with Gasteiger partial charge in [-0.15, -0.1) is 12.4 Å². The second-order valence-corrected chi connectivity index (χ2v) is 6.94. The van der Waals surface area contributed by atoms with E-state index in [1.807, 2.05) is 0 Å². The van der Waals surface area contributed by atoms with Gasteiger partial charge in [0.1, 0.15) is 0 Å². The van der Waals surface area contributed by atoms with E-state index in [9.17, 15) is 9.59 Å². The third-order valence-corrected chi connectivity index (χ3v) is 4.23. The summed E-state index contributed by atoms with van der Waals surface area (Å²) >= 11 is 0. The summed E-state index contributed by atoms with van der Waals surface area (Å²) in [6, 6.07) is 11.8. The SMILES string of the molecule is COc1cc(C(=O)Nc2ccccc2C(=O)NCCN)ccc1OCCC(C)C.Cl. The van der Waals surface area contributed by atoms with Gasteiger partial charge in [0.05, 0.1) is 25.0 Å². The lowest BCUT2D eigenvalue weighted by Gasteiger charge is -2.14. The molecule has 0 spiro atoms. The van der Waals surface area contributed by atoms with Crippen molar-refractivity contribution >= 4 is 29.9 Å². The van der Waals surface area contributed by atoms with Crippen molar-refractivity contribution in [1.82, 2.24) is 5.32 Å². The minimum Gasteiger partial charge on any atom is -0.493 e. The molecule has 4 N–H and O–H groups in total.